The average Bonchev–Trinajstić information content (AvgIpc) is 3.14. The Morgan fingerprint density at radius 1 is 1.03 bits per heavy atom. The molecular formula is C25H27ClN2O2. The van der Waals surface area contributed by atoms with Crippen LogP contribution in [0.1, 0.15) is 38.6 Å². The molecule has 0 atom stereocenters. The van der Waals surface area contributed by atoms with Gasteiger partial charge in [-0.25, -0.2) is 0 Å². The van der Waals surface area contributed by atoms with Crippen molar-refractivity contribution in [2.75, 3.05) is 20.6 Å². The van der Waals surface area contributed by atoms with Crippen LogP contribution in [0, 0.1) is 0 Å². The van der Waals surface area contributed by atoms with E-state index in [1.165, 1.54) is 0 Å². The molecule has 2 heterocycles. The zero-order valence-corrected chi connectivity index (χ0v) is 18.2. The number of carbonyl (C=O) groups excluding carboxylic acids is 1. The summed E-state index contributed by atoms with van der Waals surface area (Å²) in [4.78, 5) is 17.0. The topological polar surface area (TPSA) is 36.7 Å². The summed E-state index contributed by atoms with van der Waals surface area (Å²) in [5, 5.41) is 0. The van der Waals surface area contributed by atoms with Crippen molar-refractivity contribution in [3.05, 3.63) is 101 Å². The van der Waals surface area contributed by atoms with Gasteiger partial charge in [-0.05, 0) is 49.0 Å². The van der Waals surface area contributed by atoms with Gasteiger partial charge in [0.2, 0.25) is 0 Å². The summed E-state index contributed by atoms with van der Waals surface area (Å²) in [7, 11) is 4.04. The van der Waals surface area contributed by atoms with Crippen LogP contribution in [0.2, 0.25) is 0 Å². The highest BCUT2D eigenvalue weighted by Gasteiger charge is 2.25. The molecule has 1 amide bonds. The minimum atomic E-state index is 0. The van der Waals surface area contributed by atoms with Crippen molar-refractivity contribution < 1.29 is 9.21 Å². The van der Waals surface area contributed by atoms with Crippen LogP contribution < -0.4 is 0 Å². The maximum atomic E-state index is 13.0. The van der Waals surface area contributed by atoms with E-state index in [4.69, 9.17) is 4.42 Å². The molecule has 0 spiro atoms. The number of carbonyl (C=O) groups is 1. The molecule has 0 saturated heterocycles. The molecule has 1 aliphatic rings. The van der Waals surface area contributed by atoms with E-state index in [2.05, 4.69) is 17.5 Å². The van der Waals surface area contributed by atoms with E-state index in [-0.39, 0.29) is 18.3 Å². The molecule has 0 saturated carbocycles. The molecule has 4 rings (SSSR count). The third-order valence-electron chi connectivity index (χ3n) is 5.28. The van der Waals surface area contributed by atoms with Crippen molar-refractivity contribution in [3.63, 3.8) is 0 Å². The first-order valence-electron chi connectivity index (χ1n) is 9.90. The second kappa shape index (κ2) is 9.33. The number of halogens is 1. The molecule has 0 N–H and O–H groups in total. The fourth-order valence-corrected chi connectivity index (χ4v) is 3.76. The van der Waals surface area contributed by atoms with Crippen molar-refractivity contribution in [1.82, 2.24) is 9.80 Å². The summed E-state index contributed by atoms with van der Waals surface area (Å²) in [6.07, 6.45) is 0.761. The van der Waals surface area contributed by atoms with Crippen LogP contribution >= 0.6 is 12.4 Å². The maximum Gasteiger partial charge on any atom is 0.254 e. The summed E-state index contributed by atoms with van der Waals surface area (Å²) < 4.78 is 5.95. The number of rotatable bonds is 5. The van der Waals surface area contributed by atoms with Crippen LogP contribution in [0.15, 0.2) is 71.7 Å². The largest absolute Gasteiger partial charge is 0.464 e. The van der Waals surface area contributed by atoms with Gasteiger partial charge < -0.3 is 14.2 Å². The van der Waals surface area contributed by atoms with Gasteiger partial charge in [0.1, 0.15) is 11.5 Å². The third kappa shape index (κ3) is 4.66. The van der Waals surface area contributed by atoms with Gasteiger partial charge >= 0.3 is 0 Å². The van der Waals surface area contributed by atoms with E-state index in [0.29, 0.717) is 18.7 Å². The Morgan fingerprint density at radius 3 is 2.33 bits per heavy atom. The highest BCUT2D eigenvalue weighted by molar-refractivity contribution is 5.95. The number of benzene rings is 2. The lowest BCUT2D eigenvalue weighted by atomic mass is 9.98. The van der Waals surface area contributed by atoms with E-state index in [0.717, 1.165) is 46.7 Å². The highest BCUT2D eigenvalue weighted by atomic mass is 35.5. The second-order valence-electron chi connectivity index (χ2n) is 7.80. The summed E-state index contributed by atoms with van der Waals surface area (Å²) in [5.74, 6) is 2.03. The normalized spacial score (nSPS) is 13.0. The first-order valence-corrected chi connectivity index (χ1v) is 9.90. The molecule has 2 aromatic carbocycles. The van der Waals surface area contributed by atoms with Gasteiger partial charge in [0.25, 0.3) is 5.91 Å². The summed E-state index contributed by atoms with van der Waals surface area (Å²) in [6, 6.07) is 19.9. The molecule has 5 heteroatoms. The molecule has 30 heavy (non-hydrogen) atoms. The Balaban J connectivity index is 0.00000256. The molecule has 1 aromatic heterocycles. The zero-order chi connectivity index (χ0) is 20.4. The molecule has 4 nitrogen and oxygen atoms in total. The first kappa shape index (κ1) is 21.9. The van der Waals surface area contributed by atoms with Gasteiger partial charge in [0.05, 0.1) is 6.54 Å². The number of hydrogen-bond donors (Lipinski definition) is 0. The van der Waals surface area contributed by atoms with E-state index < -0.39 is 0 Å². The highest BCUT2D eigenvalue weighted by Crippen LogP contribution is 2.26. The first-order chi connectivity index (χ1) is 14.0. The van der Waals surface area contributed by atoms with Crippen LogP contribution in [-0.4, -0.2) is 36.3 Å². The molecule has 0 bridgehead atoms. The Kier molecular flexibility index (Phi) is 6.80. The Labute approximate surface area is 184 Å². The minimum absolute atomic E-state index is 0. The van der Waals surface area contributed by atoms with Crippen LogP contribution in [0.5, 0.6) is 0 Å². The predicted molar refractivity (Wildman–Crippen MR) is 123 cm³/mol. The quantitative estimate of drug-likeness (QED) is 0.579. The van der Waals surface area contributed by atoms with E-state index in [9.17, 15) is 4.79 Å². The van der Waals surface area contributed by atoms with E-state index >= 15 is 0 Å². The van der Waals surface area contributed by atoms with Crippen molar-refractivity contribution in [2.45, 2.75) is 19.5 Å². The van der Waals surface area contributed by atoms with Crippen LogP contribution in [0.25, 0.3) is 5.57 Å². The minimum Gasteiger partial charge on any atom is -0.464 e. The Bertz CT molecular complexity index is 1020. The summed E-state index contributed by atoms with van der Waals surface area (Å²) in [5.41, 5.74) is 4.89. The fraction of sp³-hybridized carbons (Fsp3) is 0.240. The average molecular weight is 423 g/mol. The number of hydrogen-bond acceptors (Lipinski definition) is 3. The number of fused-ring (bicyclic) bond motifs is 1. The molecule has 0 fully saturated rings. The molecule has 0 unspecified atom stereocenters. The lowest BCUT2D eigenvalue weighted by Gasteiger charge is -2.26. The number of nitrogens with zero attached hydrogens (tertiary/aromatic N) is 2. The van der Waals surface area contributed by atoms with Gasteiger partial charge in [0.15, 0.2) is 0 Å². The van der Waals surface area contributed by atoms with Crippen LogP contribution in [-0.2, 0) is 19.5 Å². The smallest absolute Gasteiger partial charge is 0.254 e. The molecule has 156 valence electrons. The number of furan rings is 1. The van der Waals surface area contributed by atoms with Gasteiger partial charge in [-0.1, -0.05) is 49.0 Å². The van der Waals surface area contributed by atoms with Crippen molar-refractivity contribution in [3.8, 4) is 0 Å². The van der Waals surface area contributed by atoms with Crippen molar-refractivity contribution in [2.24, 2.45) is 0 Å². The van der Waals surface area contributed by atoms with Gasteiger partial charge in [0, 0.05) is 30.6 Å². The SMILES string of the molecule is C=C(c1ccccc1)c1ccc(C(=O)N2CCc3oc(CN(C)C)cc3C2)cc1.Cl. The zero-order valence-electron chi connectivity index (χ0n) is 17.4. The van der Waals surface area contributed by atoms with Gasteiger partial charge in [-0.2, -0.15) is 0 Å². The van der Waals surface area contributed by atoms with E-state index in [1.54, 1.807) is 0 Å². The fourth-order valence-electron chi connectivity index (χ4n) is 3.76. The maximum absolute atomic E-state index is 13.0. The summed E-state index contributed by atoms with van der Waals surface area (Å²) in [6.45, 7) is 6.25. The molecule has 0 aliphatic carbocycles. The Morgan fingerprint density at radius 2 is 1.67 bits per heavy atom. The van der Waals surface area contributed by atoms with Gasteiger partial charge in [-0.3, -0.25) is 4.79 Å². The number of amides is 1. The van der Waals surface area contributed by atoms with Crippen molar-refractivity contribution in [1.29, 1.82) is 0 Å². The Hall–Kier alpha value is -2.82. The van der Waals surface area contributed by atoms with Crippen LogP contribution in [0.3, 0.4) is 0 Å². The lowest BCUT2D eigenvalue weighted by molar-refractivity contribution is 0.0729. The van der Waals surface area contributed by atoms with E-state index in [1.807, 2.05) is 73.6 Å². The van der Waals surface area contributed by atoms with Gasteiger partial charge in [-0.15, -0.1) is 12.4 Å². The molecule has 0 radical (unpaired) electrons. The molecular weight excluding hydrogens is 396 g/mol. The summed E-state index contributed by atoms with van der Waals surface area (Å²) >= 11 is 0. The van der Waals surface area contributed by atoms with Crippen LogP contribution in [0.4, 0.5) is 0 Å². The van der Waals surface area contributed by atoms with Crippen molar-refractivity contribution >= 4 is 23.9 Å². The second-order valence-corrected chi connectivity index (χ2v) is 7.80. The third-order valence-corrected chi connectivity index (χ3v) is 5.28. The predicted octanol–water partition coefficient (Wildman–Crippen LogP) is 5.02. The lowest BCUT2D eigenvalue weighted by Crippen LogP contribution is -2.35. The monoisotopic (exact) mass is 422 g/mol. The standard InChI is InChI=1S/C25H26N2O2.ClH/c1-18(19-7-5-4-6-8-19)20-9-11-21(12-10-20)25(28)27-14-13-24-22(16-27)15-23(29-24)17-26(2)3;/h4-12,15H,1,13-14,16-17H2,2-3H3;1H. The molecule has 3 aromatic rings. The molecule has 1 aliphatic heterocycles.